The van der Waals surface area contributed by atoms with Gasteiger partial charge in [0.15, 0.2) is 0 Å². The summed E-state index contributed by atoms with van der Waals surface area (Å²) in [5.74, 6) is 0.535. The maximum Gasteiger partial charge on any atom is 0.446 e. The second-order valence-electron chi connectivity index (χ2n) is 6.54. The molecule has 2 aromatic carbocycles. The van der Waals surface area contributed by atoms with E-state index in [1.165, 1.54) is 17.0 Å². The fourth-order valence-corrected chi connectivity index (χ4v) is 4.25. The van der Waals surface area contributed by atoms with E-state index in [9.17, 15) is 13.2 Å². The van der Waals surface area contributed by atoms with Crippen LogP contribution in [0.15, 0.2) is 53.6 Å². The Morgan fingerprint density at radius 2 is 1.87 bits per heavy atom. The van der Waals surface area contributed by atoms with Gasteiger partial charge in [0, 0.05) is 35.5 Å². The lowest BCUT2D eigenvalue weighted by molar-refractivity contribution is -0.0328. The first-order chi connectivity index (χ1) is 14.3. The number of nitrogens with zero attached hydrogens (tertiary/aromatic N) is 1. The molecule has 0 saturated heterocycles. The van der Waals surface area contributed by atoms with Crippen LogP contribution in [-0.2, 0) is 19.6 Å². The van der Waals surface area contributed by atoms with Gasteiger partial charge in [-0.3, -0.25) is 0 Å². The number of rotatable bonds is 9. The molecule has 0 aliphatic rings. The zero-order valence-electron chi connectivity index (χ0n) is 16.1. The summed E-state index contributed by atoms with van der Waals surface area (Å²) in [5.41, 5.74) is -2.49. The quantitative estimate of drug-likeness (QED) is 0.280. The number of alkyl halides is 3. The predicted octanol–water partition coefficient (Wildman–Crippen LogP) is 6.63. The summed E-state index contributed by atoms with van der Waals surface area (Å²) in [6.07, 6.45) is 2.77. The molecule has 0 bridgehead atoms. The lowest BCUT2D eigenvalue weighted by Crippen LogP contribution is -2.16. The van der Waals surface area contributed by atoms with E-state index in [1.54, 1.807) is 29.5 Å². The van der Waals surface area contributed by atoms with Crippen LogP contribution in [-0.4, -0.2) is 17.0 Å². The van der Waals surface area contributed by atoms with Crippen molar-refractivity contribution in [1.82, 2.24) is 10.3 Å². The van der Waals surface area contributed by atoms with Gasteiger partial charge in [0.2, 0.25) is 0 Å². The first-order valence-corrected chi connectivity index (χ1v) is 11.2. The van der Waals surface area contributed by atoms with E-state index in [0.717, 1.165) is 29.1 Å². The Morgan fingerprint density at radius 3 is 2.50 bits per heavy atom. The highest BCUT2D eigenvalue weighted by molar-refractivity contribution is 8.00. The normalized spacial score (nSPS) is 11.6. The maximum absolute atomic E-state index is 12.4. The number of hydrogen-bond donors (Lipinski definition) is 1. The zero-order valence-corrected chi connectivity index (χ0v) is 18.5. The third-order valence-electron chi connectivity index (χ3n) is 4.06. The molecule has 1 heterocycles. The van der Waals surface area contributed by atoms with Crippen molar-refractivity contribution < 1.29 is 17.9 Å². The first kappa shape index (κ1) is 22.9. The molecule has 0 aliphatic carbocycles. The summed E-state index contributed by atoms with van der Waals surface area (Å²) < 4.78 is 42.9. The van der Waals surface area contributed by atoms with Crippen molar-refractivity contribution in [3.63, 3.8) is 0 Å². The van der Waals surface area contributed by atoms with Crippen LogP contribution >= 0.6 is 34.7 Å². The topological polar surface area (TPSA) is 34.2 Å². The fourth-order valence-electron chi connectivity index (χ4n) is 2.66. The molecule has 3 rings (SSSR count). The van der Waals surface area contributed by atoms with Gasteiger partial charge < -0.3 is 10.1 Å². The molecule has 0 aliphatic heterocycles. The largest absolute Gasteiger partial charge is 0.487 e. The molecule has 0 spiro atoms. The van der Waals surface area contributed by atoms with E-state index in [2.05, 4.69) is 10.3 Å². The molecule has 3 aromatic rings. The Balaban J connectivity index is 1.45. The molecule has 9 heteroatoms. The summed E-state index contributed by atoms with van der Waals surface area (Å²) in [6, 6.07) is 11.7. The van der Waals surface area contributed by atoms with Gasteiger partial charge in [0.25, 0.3) is 0 Å². The smallest absolute Gasteiger partial charge is 0.446 e. The highest BCUT2D eigenvalue weighted by atomic mass is 35.5. The Hall–Kier alpha value is -1.74. The lowest BCUT2D eigenvalue weighted by Gasteiger charge is -2.11. The van der Waals surface area contributed by atoms with Crippen molar-refractivity contribution in [1.29, 1.82) is 0 Å². The Bertz CT molecular complexity index is 962. The second kappa shape index (κ2) is 10.5. The van der Waals surface area contributed by atoms with Crippen LogP contribution in [0.2, 0.25) is 5.02 Å². The average molecular weight is 473 g/mol. The maximum atomic E-state index is 12.4. The molecular weight excluding hydrogens is 453 g/mol. The lowest BCUT2D eigenvalue weighted by atomic mass is 10.2. The minimum Gasteiger partial charge on any atom is -0.487 e. The highest BCUT2D eigenvalue weighted by Crippen LogP contribution is 2.36. The van der Waals surface area contributed by atoms with E-state index < -0.39 is 5.51 Å². The van der Waals surface area contributed by atoms with E-state index >= 15 is 0 Å². The number of aromatic nitrogens is 1. The van der Waals surface area contributed by atoms with Crippen molar-refractivity contribution in [3.8, 4) is 5.75 Å². The highest BCUT2D eigenvalue weighted by Gasteiger charge is 2.28. The third kappa shape index (κ3) is 7.50. The van der Waals surface area contributed by atoms with Gasteiger partial charge in [-0.05, 0) is 54.1 Å². The minimum atomic E-state index is -4.29. The first-order valence-electron chi connectivity index (χ1n) is 9.16. The van der Waals surface area contributed by atoms with E-state index in [-0.39, 0.29) is 23.3 Å². The number of hydrogen-bond acceptors (Lipinski definition) is 5. The van der Waals surface area contributed by atoms with Crippen LogP contribution in [0.5, 0.6) is 5.75 Å². The van der Waals surface area contributed by atoms with Gasteiger partial charge >= 0.3 is 5.51 Å². The molecule has 0 atom stereocenters. The zero-order chi connectivity index (χ0) is 21.6. The van der Waals surface area contributed by atoms with Gasteiger partial charge in [-0.2, -0.15) is 13.2 Å². The average Bonchev–Trinajstić information content (AvgIpc) is 3.10. The van der Waals surface area contributed by atoms with E-state index in [4.69, 9.17) is 16.3 Å². The number of thioether (sulfide) groups is 1. The molecule has 1 N–H and O–H groups in total. The molecule has 0 amide bonds. The van der Waals surface area contributed by atoms with Gasteiger partial charge in [0.1, 0.15) is 12.4 Å². The molecule has 1 aromatic heterocycles. The van der Waals surface area contributed by atoms with Gasteiger partial charge in [0.05, 0.1) is 10.0 Å². The summed E-state index contributed by atoms with van der Waals surface area (Å²) in [6.45, 7) is 3.78. The predicted molar refractivity (Wildman–Crippen MR) is 116 cm³/mol. The van der Waals surface area contributed by atoms with Crippen molar-refractivity contribution in [2.24, 2.45) is 0 Å². The van der Waals surface area contributed by atoms with Crippen LogP contribution in [0.4, 0.5) is 13.2 Å². The second-order valence-corrected chi connectivity index (χ2v) is 9.40. The van der Waals surface area contributed by atoms with Crippen LogP contribution < -0.4 is 10.1 Å². The molecule has 0 saturated carbocycles. The minimum absolute atomic E-state index is 0.135. The Labute approximate surface area is 186 Å². The van der Waals surface area contributed by atoms with E-state index in [0.29, 0.717) is 17.3 Å². The molecule has 3 nitrogen and oxygen atoms in total. The van der Waals surface area contributed by atoms with Gasteiger partial charge in [-0.25, -0.2) is 4.98 Å². The number of aryl methyl sites for hydroxylation is 1. The van der Waals surface area contributed by atoms with Crippen molar-refractivity contribution in [2.45, 2.75) is 36.9 Å². The number of nitrogens with one attached hydrogen (secondary N) is 1. The molecule has 0 fully saturated rings. The summed E-state index contributed by atoms with van der Waals surface area (Å²) in [5, 5.41) is 4.98. The number of benzene rings is 2. The fraction of sp³-hybridized carbons (Fsp3) is 0.286. The van der Waals surface area contributed by atoms with Crippen molar-refractivity contribution >= 4 is 34.7 Å². The summed E-state index contributed by atoms with van der Waals surface area (Å²) in [7, 11) is 0. The van der Waals surface area contributed by atoms with Crippen molar-refractivity contribution in [2.75, 3.05) is 6.54 Å². The van der Waals surface area contributed by atoms with E-state index in [1.807, 2.05) is 25.3 Å². The SMILES string of the molecule is Cc1cnc(CCNCc2ccc(OCc3ccc(SC(F)(F)F)cc3)c(Cl)c2)s1. The van der Waals surface area contributed by atoms with Crippen LogP contribution in [0.1, 0.15) is 21.0 Å². The van der Waals surface area contributed by atoms with Gasteiger partial charge in [-0.1, -0.05) is 29.8 Å². The standard InChI is InChI=1S/C21H20ClF3N2OS2/c1-14-11-27-20(29-14)8-9-26-12-16-4-7-19(18(22)10-16)28-13-15-2-5-17(6-3-15)30-21(23,24)25/h2-7,10-11,26H,8-9,12-13H2,1H3. The summed E-state index contributed by atoms with van der Waals surface area (Å²) >= 11 is 7.89. The monoisotopic (exact) mass is 472 g/mol. The van der Waals surface area contributed by atoms with Crippen LogP contribution in [0.25, 0.3) is 0 Å². The van der Waals surface area contributed by atoms with Crippen LogP contribution in [0.3, 0.4) is 0 Å². The third-order valence-corrected chi connectivity index (χ3v) is 6.07. The number of halogens is 4. The molecule has 0 unspecified atom stereocenters. The molecular formula is C21H20ClF3N2OS2. The number of ether oxygens (including phenoxy) is 1. The van der Waals surface area contributed by atoms with Gasteiger partial charge in [-0.15, -0.1) is 11.3 Å². The summed E-state index contributed by atoms with van der Waals surface area (Å²) in [4.78, 5) is 5.70. The Morgan fingerprint density at radius 1 is 1.13 bits per heavy atom. The van der Waals surface area contributed by atoms with Crippen LogP contribution in [0, 0.1) is 6.92 Å². The Kier molecular flexibility index (Phi) is 8.05. The molecule has 0 radical (unpaired) electrons. The van der Waals surface area contributed by atoms with Crippen molar-refractivity contribution in [3.05, 3.63) is 74.7 Å². The number of thiazole rings is 1. The molecule has 160 valence electrons. The molecule has 30 heavy (non-hydrogen) atoms.